The number of hydrogen-bond acceptors (Lipinski definition) is 4. The number of carbonyl (C=O) groups is 2. The van der Waals surface area contributed by atoms with Gasteiger partial charge in [0.05, 0.1) is 11.9 Å². The van der Waals surface area contributed by atoms with Crippen molar-refractivity contribution in [2.45, 2.75) is 66.1 Å². The van der Waals surface area contributed by atoms with E-state index < -0.39 is 28.5 Å². The molecule has 2 atom stereocenters. The Morgan fingerprint density at radius 1 is 1.03 bits per heavy atom. The van der Waals surface area contributed by atoms with E-state index in [0.29, 0.717) is 12.1 Å². The Kier molecular flexibility index (Phi) is 10.3. The highest BCUT2D eigenvalue weighted by Gasteiger charge is 2.32. The molecule has 2 amide bonds. The van der Waals surface area contributed by atoms with Gasteiger partial charge in [0.25, 0.3) is 0 Å². The molecule has 0 aliphatic rings. The van der Waals surface area contributed by atoms with Crippen molar-refractivity contribution in [1.82, 2.24) is 10.2 Å². The van der Waals surface area contributed by atoms with Gasteiger partial charge in [0.2, 0.25) is 21.8 Å². The lowest BCUT2D eigenvalue weighted by molar-refractivity contribution is -0.140. The van der Waals surface area contributed by atoms with Crippen LogP contribution in [-0.2, 0) is 26.2 Å². The van der Waals surface area contributed by atoms with Crippen molar-refractivity contribution in [2.75, 3.05) is 17.1 Å². The molecule has 0 aliphatic heterocycles. The van der Waals surface area contributed by atoms with Gasteiger partial charge < -0.3 is 10.2 Å². The van der Waals surface area contributed by atoms with Crippen molar-refractivity contribution >= 4 is 43.5 Å². The Morgan fingerprint density at radius 3 is 2.23 bits per heavy atom. The molecule has 2 rings (SSSR count). The maximum absolute atomic E-state index is 13.7. The molecule has 0 aromatic heterocycles. The lowest BCUT2D eigenvalue weighted by Crippen LogP contribution is -2.53. The molecule has 0 bridgehead atoms. The van der Waals surface area contributed by atoms with Gasteiger partial charge in [-0.1, -0.05) is 54.0 Å². The second kappa shape index (κ2) is 12.5. The summed E-state index contributed by atoms with van der Waals surface area (Å²) in [6.07, 6.45) is 2.24. The summed E-state index contributed by atoms with van der Waals surface area (Å²) >= 11 is 3.43. The summed E-state index contributed by atoms with van der Waals surface area (Å²) in [5.74, 6) is -0.681. The molecule has 35 heavy (non-hydrogen) atoms. The van der Waals surface area contributed by atoms with Crippen LogP contribution in [0.4, 0.5) is 5.69 Å². The minimum Gasteiger partial charge on any atom is -0.352 e. The van der Waals surface area contributed by atoms with E-state index in [1.54, 1.807) is 18.2 Å². The quantitative estimate of drug-likeness (QED) is 0.433. The van der Waals surface area contributed by atoms with Crippen LogP contribution in [0.3, 0.4) is 0 Å². The molecule has 0 unspecified atom stereocenters. The first kappa shape index (κ1) is 28.8. The number of sulfonamides is 1. The molecule has 7 nitrogen and oxygen atoms in total. The van der Waals surface area contributed by atoms with Gasteiger partial charge in [0.15, 0.2) is 0 Å². The van der Waals surface area contributed by atoms with E-state index in [9.17, 15) is 18.0 Å². The van der Waals surface area contributed by atoms with E-state index in [2.05, 4.69) is 21.2 Å². The molecular weight excluding hydrogens is 530 g/mol. The normalized spacial score (nSPS) is 13.1. The van der Waals surface area contributed by atoms with Crippen LogP contribution in [0.2, 0.25) is 0 Å². The summed E-state index contributed by atoms with van der Waals surface area (Å²) in [7, 11) is -3.76. The summed E-state index contributed by atoms with van der Waals surface area (Å²) in [5, 5.41) is 2.98. The largest absolute Gasteiger partial charge is 0.352 e. The Hall–Kier alpha value is -2.39. The third-order valence-corrected chi connectivity index (χ3v) is 8.13. The molecule has 0 aliphatic carbocycles. The molecule has 9 heteroatoms. The number of amides is 2. The molecular formula is C26H36BrN3O4S. The Bertz CT molecular complexity index is 1150. The fourth-order valence-corrected chi connectivity index (χ4v) is 4.82. The Labute approximate surface area is 218 Å². The van der Waals surface area contributed by atoms with Gasteiger partial charge in [0, 0.05) is 17.1 Å². The first-order valence-electron chi connectivity index (χ1n) is 11.8. The van der Waals surface area contributed by atoms with Crippen molar-refractivity contribution in [2.24, 2.45) is 0 Å². The SMILES string of the molecule is CC[C@H](C)NC(=O)[C@H](CC)N(Cc1ccccc1C)C(=O)CN(c1ccc(Br)c(C)c1)S(C)(=O)=O. The van der Waals surface area contributed by atoms with Crippen LogP contribution in [0, 0.1) is 13.8 Å². The van der Waals surface area contributed by atoms with Gasteiger partial charge in [-0.15, -0.1) is 0 Å². The van der Waals surface area contributed by atoms with Crippen molar-refractivity contribution < 1.29 is 18.0 Å². The topological polar surface area (TPSA) is 86.8 Å². The smallest absolute Gasteiger partial charge is 0.244 e. The lowest BCUT2D eigenvalue weighted by atomic mass is 10.1. The van der Waals surface area contributed by atoms with Crippen LogP contribution in [0.25, 0.3) is 0 Å². The van der Waals surface area contributed by atoms with Crippen molar-refractivity contribution in [3.63, 3.8) is 0 Å². The predicted octanol–water partition coefficient (Wildman–Crippen LogP) is 4.55. The zero-order valence-corrected chi connectivity index (χ0v) is 23.7. The number of anilines is 1. The second-order valence-corrected chi connectivity index (χ2v) is 11.7. The summed E-state index contributed by atoms with van der Waals surface area (Å²) in [4.78, 5) is 28.4. The molecule has 0 heterocycles. The highest BCUT2D eigenvalue weighted by molar-refractivity contribution is 9.10. The van der Waals surface area contributed by atoms with Gasteiger partial charge in [-0.3, -0.25) is 13.9 Å². The average molecular weight is 567 g/mol. The molecule has 2 aromatic carbocycles. The fourth-order valence-electron chi connectivity index (χ4n) is 3.73. The Morgan fingerprint density at radius 2 is 1.69 bits per heavy atom. The highest BCUT2D eigenvalue weighted by Crippen LogP contribution is 2.25. The number of benzene rings is 2. The van der Waals surface area contributed by atoms with Crippen LogP contribution in [0.5, 0.6) is 0 Å². The molecule has 2 aromatic rings. The number of nitrogens with one attached hydrogen (secondary N) is 1. The molecule has 1 N–H and O–H groups in total. The summed E-state index contributed by atoms with van der Waals surface area (Å²) in [5.41, 5.74) is 3.14. The lowest BCUT2D eigenvalue weighted by Gasteiger charge is -2.33. The standard InChI is InChI=1S/C26H36BrN3O4S/c1-7-20(5)28-26(32)24(8-2)29(16-21-12-10-9-11-18(21)3)25(31)17-30(35(6,33)34)22-13-14-23(27)19(4)15-22/h9-15,20,24H,7-8,16-17H2,1-6H3,(H,28,32)/t20-,24-/m0/s1. The monoisotopic (exact) mass is 565 g/mol. The van der Waals surface area contributed by atoms with Crippen LogP contribution in [0.15, 0.2) is 46.9 Å². The maximum atomic E-state index is 13.7. The van der Waals surface area contributed by atoms with E-state index >= 15 is 0 Å². The van der Waals surface area contributed by atoms with Crippen molar-refractivity contribution in [3.05, 3.63) is 63.6 Å². The highest BCUT2D eigenvalue weighted by atomic mass is 79.9. The number of nitrogens with zero attached hydrogens (tertiary/aromatic N) is 2. The van der Waals surface area contributed by atoms with Gasteiger partial charge >= 0.3 is 0 Å². The minimum atomic E-state index is -3.76. The third-order valence-electron chi connectivity index (χ3n) is 6.10. The minimum absolute atomic E-state index is 0.0368. The summed E-state index contributed by atoms with van der Waals surface area (Å²) < 4.78 is 27.4. The van der Waals surface area contributed by atoms with Crippen molar-refractivity contribution in [1.29, 1.82) is 0 Å². The average Bonchev–Trinajstić information content (AvgIpc) is 2.79. The van der Waals surface area contributed by atoms with E-state index in [0.717, 1.165) is 38.1 Å². The predicted molar refractivity (Wildman–Crippen MR) is 145 cm³/mol. The second-order valence-electron chi connectivity index (χ2n) is 8.89. The summed E-state index contributed by atoms with van der Waals surface area (Å²) in [6.45, 7) is 9.35. The fraction of sp³-hybridized carbons (Fsp3) is 0.462. The van der Waals surface area contributed by atoms with Gasteiger partial charge in [0.1, 0.15) is 12.6 Å². The van der Waals surface area contributed by atoms with Gasteiger partial charge in [-0.05, 0) is 68.5 Å². The van der Waals surface area contributed by atoms with E-state index in [4.69, 9.17) is 0 Å². The zero-order valence-electron chi connectivity index (χ0n) is 21.3. The number of carbonyl (C=O) groups excluding carboxylic acids is 2. The van der Waals surface area contributed by atoms with E-state index in [1.165, 1.54) is 4.90 Å². The van der Waals surface area contributed by atoms with Gasteiger partial charge in [-0.2, -0.15) is 0 Å². The number of aryl methyl sites for hydroxylation is 2. The maximum Gasteiger partial charge on any atom is 0.244 e. The van der Waals surface area contributed by atoms with Crippen LogP contribution >= 0.6 is 15.9 Å². The molecule has 0 radical (unpaired) electrons. The number of hydrogen-bond donors (Lipinski definition) is 1. The molecule has 0 saturated heterocycles. The zero-order chi connectivity index (χ0) is 26.3. The molecule has 192 valence electrons. The van der Waals surface area contributed by atoms with E-state index in [1.807, 2.05) is 58.9 Å². The first-order chi connectivity index (χ1) is 16.4. The van der Waals surface area contributed by atoms with Crippen LogP contribution in [-0.4, -0.2) is 50.0 Å². The van der Waals surface area contributed by atoms with Gasteiger partial charge in [-0.25, -0.2) is 8.42 Å². The molecule has 0 spiro atoms. The number of halogens is 1. The third kappa shape index (κ3) is 7.80. The van der Waals surface area contributed by atoms with Crippen molar-refractivity contribution in [3.8, 4) is 0 Å². The van der Waals surface area contributed by atoms with E-state index in [-0.39, 0.29) is 18.5 Å². The van der Waals surface area contributed by atoms with Crippen LogP contribution < -0.4 is 9.62 Å². The Balaban J connectivity index is 2.47. The van der Waals surface area contributed by atoms with Crippen LogP contribution in [0.1, 0.15) is 50.3 Å². The first-order valence-corrected chi connectivity index (χ1v) is 14.4. The number of rotatable bonds is 11. The summed E-state index contributed by atoms with van der Waals surface area (Å²) in [6, 6.07) is 12.0. The molecule has 0 fully saturated rings. The molecule has 0 saturated carbocycles.